The number of primary amides is 1. The number of carbonyl (C=O) groups excluding carboxylic acids is 2. The number of carbonyl (C=O) groups is 2. The Kier molecular flexibility index (Phi) is 7.17. The molecule has 0 saturated heterocycles. The van der Waals surface area contributed by atoms with Crippen LogP contribution in [0.4, 0.5) is 0 Å². The normalized spacial score (nSPS) is 12.9. The van der Waals surface area contributed by atoms with E-state index in [0.717, 1.165) is 4.47 Å². The molecule has 3 N–H and O–H groups in total. The predicted molar refractivity (Wildman–Crippen MR) is 87.9 cm³/mol. The van der Waals surface area contributed by atoms with Crippen LogP contribution in [0.2, 0.25) is 0 Å². The van der Waals surface area contributed by atoms with Crippen LogP contribution in [-0.2, 0) is 24.3 Å². The van der Waals surface area contributed by atoms with Crippen molar-refractivity contribution in [3.05, 3.63) is 28.7 Å². The second-order valence-corrected chi connectivity index (χ2v) is 7.81. The van der Waals surface area contributed by atoms with Crippen molar-refractivity contribution in [3.8, 4) is 0 Å². The van der Waals surface area contributed by atoms with Crippen LogP contribution in [0, 0.1) is 5.92 Å². The fourth-order valence-electron chi connectivity index (χ4n) is 1.65. The summed E-state index contributed by atoms with van der Waals surface area (Å²) >= 11 is 3.22. The zero-order valence-electron chi connectivity index (χ0n) is 12.8. The Morgan fingerprint density at radius 2 is 1.83 bits per heavy atom. The van der Waals surface area contributed by atoms with Crippen LogP contribution in [0.1, 0.15) is 20.3 Å². The lowest BCUT2D eigenvalue weighted by molar-refractivity contribution is -0.147. The quantitative estimate of drug-likeness (QED) is 0.628. The number of amides is 1. The summed E-state index contributed by atoms with van der Waals surface area (Å²) in [4.78, 5) is 22.7. The van der Waals surface area contributed by atoms with Crippen LogP contribution >= 0.6 is 15.9 Å². The predicted octanol–water partition coefficient (Wildman–Crippen LogP) is 1.17. The molecule has 23 heavy (non-hydrogen) atoms. The first-order valence-corrected chi connectivity index (χ1v) is 9.14. The molecular weight excluding hydrogens is 388 g/mol. The summed E-state index contributed by atoms with van der Waals surface area (Å²) in [5.41, 5.74) is 4.96. The first kappa shape index (κ1) is 19.6. The molecule has 0 aliphatic carbocycles. The minimum absolute atomic E-state index is 0.0382. The molecule has 1 rings (SSSR count). The molecular formula is C14H19BrN2O5S. The highest BCUT2D eigenvalue weighted by molar-refractivity contribution is 9.10. The van der Waals surface area contributed by atoms with Gasteiger partial charge in [0, 0.05) is 4.47 Å². The number of esters is 1. The van der Waals surface area contributed by atoms with E-state index in [1.54, 1.807) is 26.0 Å². The molecule has 0 aliphatic rings. The van der Waals surface area contributed by atoms with Crippen LogP contribution in [0.15, 0.2) is 33.6 Å². The molecule has 9 heteroatoms. The second-order valence-electron chi connectivity index (χ2n) is 5.18. The van der Waals surface area contributed by atoms with E-state index in [9.17, 15) is 18.0 Å². The van der Waals surface area contributed by atoms with Gasteiger partial charge < -0.3 is 10.5 Å². The first-order valence-electron chi connectivity index (χ1n) is 6.86. The van der Waals surface area contributed by atoms with Gasteiger partial charge in [0.25, 0.3) is 0 Å². The van der Waals surface area contributed by atoms with Gasteiger partial charge in [-0.3, -0.25) is 9.59 Å². The van der Waals surface area contributed by atoms with E-state index in [2.05, 4.69) is 20.7 Å². The van der Waals surface area contributed by atoms with Crippen molar-refractivity contribution >= 4 is 37.8 Å². The highest BCUT2D eigenvalue weighted by atomic mass is 79.9. The molecule has 7 nitrogen and oxygen atoms in total. The molecule has 0 fully saturated rings. The summed E-state index contributed by atoms with van der Waals surface area (Å²) in [6, 6.07) is 4.95. The summed E-state index contributed by atoms with van der Waals surface area (Å²) < 4.78 is 32.6. The molecule has 1 aromatic carbocycles. The van der Waals surface area contributed by atoms with Crippen molar-refractivity contribution in [1.29, 1.82) is 0 Å². The van der Waals surface area contributed by atoms with Crippen molar-refractivity contribution in [2.45, 2.75) is 31.2 Å². The lowest BCUT2D eigenvalue weighted by Gasteiger charge is -2.20. The number of halogens is 1. The van der Waals surface area contributed by atoms with Crippen molar-refractivity contribution in [3.63, 3.8) is 0 Å². The average molecular weight is 407 g/mol. The molecule has 0 radical (unpaired) electrons. The van der Waals surface area contributed by atoms with Gasteiger partial charge in [-0.1, -0.05) is 29.8 Å². The largest absolute Gasteiger partial charge is 0.464 e. The lowest BCUT2D eigenvalue weighted by atomic mass is 10.1. The summed E-state index contributed by atoms with van der Waals surface area (Å²) in [5.74, 6) is -1.68. The number of hydrogen-bond donors (Lipinski definition) is 2. The minimum Gasteiger partial charge on any atom is -0.464 e. The van der Waals surface area contributed by atoms with E-state index in [0.29, 0.717) is 0 Å². The summed E-state index contributed by atoms with van der Waals surface area (Å²) in [7, 11) is -3.87. The third kappa shape index (κ3) is 6.28. The third-order valence-electron chi connectivity index (χ3n) is 2.92. The maximum atomic E-state index is 12.3. The molecule has 128 valence electrons. The molecule has 0 heterocycles. The van der Waals surface area contributed by atoms with Crippen LogP contribution in [0.3, 0.4) is 0 Å². The van der Waals surface area contributed by atoms with Gasteiger partial charge in [0.2, 0.25) is 15.9 Å². The standard InChI is InChI=1S/C14H19BrN2O5S/c1-9(2)13(14(19)22-8-7-12(16)18)17-23(20,21)11-5-3-10(15)4-6-11/h3-6,9,13,17H,7-8H2,1-2H3,(H2,16,18)/t13-/m0/s1. The van der Waals surface area contributed by atoms with Gasteiger partial charge in [0.1, 0.15) is 12.6 Å². The molecule has 1 atom stereocenters. The Labute approximate surface area is 143 Å². The van der Waals surface area contributed by atoms with Crippen LogP contribution < -0.4 is 10.5 Å². The highest BCUT2D eigenvalue weighted by Crippen LogP contribution is 2.16. The second kappa shape index (κ2) is 8.42. The van der Waals surface area contributed by atoms with E-state index < -0.39 is 27.9 Å². The van der Waals surface area contributed by atoms with Gasteiger partial charge in [-0.05, 0) is 30.2 Å². The SMILES string of the molecule is CC(C)[C@H](NS(=O)(=O)c1ccc(Br)cc1)C(=O)OCCC(N)=O. The highest BCUT2D eigenvalue weighted by Gasteiger charge is 2.29. The Bertz CT molecular complexity index is 658. The summed E-state index contributed by atoms with van der Waals surface area (Å²) in [5, 5.41) is 0. The third-order valence-corrected chi connectivity index (χ3v) is 4.91. The number of sulfonamides is 1. The molecule has 1 aromatic rings. The fraction of sp³-hybridized carbons (Fsp3) is 0.429. The van der Waals surface area contributed by atoms with Gasteiger partial charge in [-0.25, -0.2) is 8.42 Å². The molecule has 0 bridgehead atoms. The lowest BCUT2D eigenvalue weighted by Crippen LogP contribution is -2.45. The average Bonchev–Trinajstić information content (AvgIpc) is 2.44. The number of nitrogens with two attached hydrogens (primary N) is 1. The van der Waals surface area contributed by atoms with Crippen LogP contribution in [0.5, 0.6) is 0 Å². The van der Waals surface area contributed by atoms with E-state index in [1.165, 1.54) is 12.1 Å². The van der Waals surface area contributed by atoms with Gasteiger partial charge >= 0.3 is 5.97 Å². The number of nitrogens with one attached hydrogen (secondary N) is 1. The van der Waals surface area contributed by atoms with Crippen molar-refractivity contribution < 1.29 is 22.7 Å². The zero-order chi connectivity index (χ0) is 17.6. The molecule has 0 saturated carbocycles. The molecule has 0 unspecified atom stereocenters. The Hall–Kier alpha value is -1.45. The van der Waals surface area contributed by atoms with Crippen LogP contribution in [-0.4, -0.2) is 32.9 Å². The van der Waals surface area contributed by atoms with Gasteiger partial charge in [-0.2, -0.15) is 4.72 Å². The molecule has 1 amide bonds. The zero-order valence-corrected chi connectivity index (χ0v) is 15.2. The van der Waals surface area contributed by atoms with Crippen molar-refractivity contribution in [1.82, 2.24) is 4.72 Å². The summed E-state index contributed by atoms with van der Waals surface area (Å²) in [6.45, 7) is 3.19. The Balaban J connectivity index is 2.84. The topological polar surface area (TPSA) is 116 Å². The number of rotatable bonds is 8. The minimum atomic E-state index is -3.87. The van der Waals surface area contributed by atoms with Gasteiger partial charge in [0.15, 0.2) is 0 Å². The van der Waals surface area contributed by atoms with Gasteiger partial charge in [0.05, 0.1) is 11.3 Å². The van der Waals surface area contributed by atoms with Gasteiger partial charge in [-0.15, -0.1) is 0 Å². The Morgan fingerprint density at radius 1 is 1.26 bits per heavy atom. The first-order chi connectivity index (χ1) is 10.6. The maximum Gasteiger partial charge on any atom is 0.324 e. The molecule has 0 spiro atoms. The monoisotopic (exact) mass is 406 g/mol. The smallest absolute Gasteiger partial charge is 0.324 e. The summed E-state index contributed by atoms with van der Waals surface area (Å²) in [6.07, 6.45) is -0.115. The molecule has 0 aliphatic heterocycles. The number of hydrogen-bond acceptors (Lipinski definition) is 5. The number of benzene rings is 1. The molecule has 0 aromatic heterocycles. The van der Waals surface area contributed by atoms with Crippen LogP contribution in [0.25, 0.3) is 0 Å². The Morgan fingerprint density at radius 3 is 2.30 bits per heavy atom. The van der Waals surface area contributed by atoms with E-state index in [1.807, 2.05) is 0 Å². The van der Waals surface area contributed by atoms with Crippen molar-refractivity contribution in [2.24, 2.45) is 11.7 Å². The maximum absolute atomic E-state index is 12.3. The number of ether oxygens (including phenoxy) is 1. The fourth-order valence-corrected chi connectivity index (χ4v) is 3.24. The van der Waals surface area contributed by atoms with E-state index >= 15 is 0 Å². The van der Waals surface area contributed by atoms with Crippen molar-refractivity contribution in [2.75, 3.05) is 6.61 Å². The van der Waals surface area contributed by atoms with E-state index in [4.69, 9.17) is 10.5 Å². The van der Waals surface area contributed by atoms with E-state index in [-0.39, 0.29) is 23.8 Å².